The number of fused-ring (bicyclic) bond motifs is 1. The van der Waals surface area contributed by atoms with Crippen molar-refractivity contribution >= 4 is 10.8 Å². The Bertz CT molecular complexity index is 1260. The van der Waals surface area contributed by atoms with E-state index in [-0.39, 0.29) is 11.6 Å². The zero-order valence-corrected chi connectivity index (χ0v) is 19.7. The standard InChI is InChI=1S/C30H30FNO3/c31-23-8-5-21(6-9-23)28-15-7-22-20-25(33)10-16-29(22)30(28)35-27-13-11-26(12-14-27)34-19-17-24-4-2-1-3-18-32-24/h5-16,20,24,32-33H,1-4,17-19H2. The summed E-state index contributed by atoms with van der Waals surface area (Å²) in [6.07, 6.45) is 6.08. The van der Waals surface area contributed by atoms with Crippen molar-refractivity contribution in [2.24, 2.45) is 0 Å². The van der Waals surface area contributed by atoms with E-state index in [1.54, 1.807) is 24.3 Å². The lowest BCUT2D eigenvalue weighted by atomic mass is 9.99. The summed E-state index contributed by atoms with van der Waals surface area (Å²) >= 11 is 0. The Morgan fingerprint density at radius 2 is 1.66 bits per heavy atom. The summed E-state index contributed by atoms with van der Waals surface area (Å²) < 4.78 is 25.9. The van der Waals surface area contributed by atoms with Crippen molar-refractivity contribution in [3.63, 3.8) is 0 Å². The summed E-state index contributed by atoms with van der Waals surface area (Å²) in [4.78, 5) is 0. The number of benzene rings is 4. The van der Waals surface area contributed by atoms with Gasteiger partial charge in [-0.3, -0.25) is 0 Å². The largest absolute Gasteiger partial charge is 0.508 e. The molecule has 2 N–H and O–H groups in total. The molecule has 5 rings (SSSR count). The normalized spacial score (nSPS) is 16.1. The first-order chi connectivity index (χ1) is 17.2. The van der Waals surface area contributed by atoms with Crippen LogP contribution in [-0.2, 0) is 0 Å². The van der Waals surface area contributed by atoms with Gasteiger partial charge in [0, 0.05) is 17.0 Å². The molecule has 0 bridgehead atoms. The van der Waals surface area contributed by atoms with Crippen molar-refractivity contribution in [1.82, 2.24) is 5.32 Å². The third-order valence-corrected chi connectivity index (χ3v) is 6.55. The molecule has 1 atom stereocenters. The van der Waals surface area contributed by atoms with Gasteiger partial charge in [0.25, 0.3) is 0 Å². The van der Waals surface area contributed by atoms with Gasteiger partial charge in [-0.1, -0.05) is 31.0 Å². The fraction of sp³-hybridized carbons (Fsp3) is 0.267. The highest BCUT2D eigenvalue weighted by Gasteiger charge is 2.14. The molecule has 4 nitrogen and oxygen atoms in total. The topological polar surface area (TPSA) is 50.7 Å². The lowest BCUT2D eigenvalue weighted by Gasteiger charge is -2.17. The van der Waals surface area contributed by atoms with Gasteiger partial charge in [0.1, 0.15) is 28.8 Å². The molecule has 0 spiro atoms. The molecule has 0 amide bonds. The lowest BCUT2D eigenvalue weighted by Crippen LogP contribution is -2.29. The lowest BCUT2D eigenvalue weighted by molar-refractivity contribution is 0.283. The Hall–Kier alpha value is -3.57. The molecule has 35 heavy (non-hydrogen) atoms. The van der Waals surface area contributed by atoms with Crippen molar-refractivity contribution in [2.45, 2.75) is 38.1 Å². The van der Waals surface area contributed by atoms with E-state index in [0.29, 0.717) is 24.1 Å². The molecule has 0 saturated carbocycles. The first kappa shape index (κ1) is 23.2. The minimum atomic E-state index is -0.285. The SMILES string of the molecule is Oc1ccc2c(Oc3ccc(OCCC4CCCCCN4)cc3)c(-c3ccc(F)cc3)ccc2c1. The first-order valence-corrected chi connectivity index (χ1v) is 12.3. The van der Waals surface area contributed by atoms with E-state index in [1.807, 2.05) is 42.5 Å². The molecule has 180 valence electrons. The van der Waals surface area contributed by atoms with Gasteiger partial charge in [-0.15, -0.1) is 0 Å². The third kappa shape index (κ3) is 5.75. The minimum absolute atomic E-state index is 0.193. The predicted octanol–water partition coefficient (Wildman–Crippen LogP) is 7.44. The van der Waals surface area contributed by atoms with Crippen LogP contribution in [0.1, 0.15) is 32.1 Å². The van der Waals surface area contributed by atoms with Crippen LogP contribution >= 0.6 is 0 Å². The summed E-state index contributed by atoms with van der Waals surface area (Å²) in [7, 11) is 0. The second-order valence-corrected chi connectivity index (χ2v) is 9.07. The number of phenols is 1. The maximum absolute atomic E-state index is 13.5. The van der Waals surface area contributed by atoms with Gasteiger partial charge in [0.05, 0.1) is 6.61 Å². The summed E-state index contributed by atoms with van der Waals surface area (Å²) in [5.41, 5.74) is 1.70. The van der Waals surface area contributed by atoms with E-state index >= 15 is 0 Å². The molecular formula is C30H30FNO3. The summed E-state index contributed by atoms with van der Waals surface area (Å²) in [5, 5.41) is 15.3. The van der Waals surface area contributed by atoms with Crippen molar-refractivity contribution in [1.29, 1.82) is 0 Å². The monoisotopic (exact) mass is 471 g/mol. The fourth-order valence-electron chi connectivity index (χ4n) is 4.64. The number of ether oxygens (including phenoxy) is 2. The Labute approximate surface area is 205 Å². The van der Waals surface area contributed by atoms with Gasteiger partial charge >= 0.3 is 0 Å². The van der Waals surface area contributed by atoms with E-state index in [9.17, 15) is 9.50 Å². The van der Waals surface area contributed by atoms with Crippen molar-refractivity contribution in [3.05, 3.63) is 84.7 Å². The maximum atomic E-state index is 13.5. The number of phenolic OH excluding ortho intramolecular Hbond substituents is 1. The third-order valence-electron chi connectivity index (χ3n) is 6.55. The van der Waals surface area contributed by atoms with E-state index < -0.39 is 0 Å². The van der Waals surface area contributed by atoms with Gasteiger partial charge in [0.15, 0.2) is 0 Å². The minimum Gasteiger partial charge on any atom is -0.508 e. The van der Waals surface area contributed by atoms with Crippen molar-refractivity contribution < 1.29 is 19.0 Å². The highest BCUT2D eigenvalue weighted by atomic mass is 19.1. The zero-order valence-electron chi connectivity index (χ0n) is 19.7. The van der Waals surface area contributed by atoms with Crippen LogP contribution in [0.3, 0.4) is 0 Å². The zero-order chi connectivity index (χ0) is 24.0. The van der Waals surface area contributed by atoms with E-state index in [0.717, 1.165) is 40.6 Å². The molecule has 1 aliphatic heterocycles. The first-order valence-electron chi connectivity index (χ1n) is 12.3. The quantitative estimate of drug-likeness (QED) is 0.294. The second-order valence-electron chi connectivity index (χ2n) is 9.07. The fourth-order valence-corrected chi connectivity index (χ4v) is 4.64. The Morgan fingerprint density at radius 3 is 2.49 bits per heavy atom. The number of aromatic hydroxyl groups is 1. The molecule has 0 radical (unpaired) electrons. The molecule has 0 aromatic heterocycles. The average Bonchev–Trinajstić information content (AvgIpc) is 3.15. The number of nitrogens with one attached hydrogen (secondary N) is 1. The molecule has 1 fully saturated rings. The highest BCUT2D eigenvalue weighted by molar-refractivity contribution is 5.96. The molecule has 5 heteroatoms. The van der Waals surface area contributed by atoms with Crippen molar-refractivity contribution in [2.75, 3.05) is 13.2 Å². The van der Waals surface area contributed by atoms with E-state index in [2.05, 4.69) is 5.32 Å². The molecule has 1 heterocycles. The van der Waals surface area contributed by atoms with Crippen LogP contribution in [0.25, 0.3) is 21.9 Å². The molecular weight excluding hydrogens is 441 g/mol. The Balaban J connectivity index is 1.34. The number of rotatable bonds is 7. The average molecular weight is 472 g/mol. The molecule has 4 aromatic carbocycles. The molecule has 1 saturated heterocycles. The van der Waals surface area contributed by atoms with Gasteiger partial charge in [-0.25, -0.2) is 4.39 Å². The van der Waals surface area contributed by atoms with Crippen LogP contribution in [0.15, 0.2) is 78.9 Å². The Kier molecular flexibility index (Phi) is 7.15. The van der Waals surface area contributed by atoms with Crippen molar-refractivity contribution in [3.8, 4) is 34.1 Å². The van der Waals surface area contributed by atoms with Crippen LogP contribution in [0.5, 0.6) is 23.0 Å². The van der Waals surface area contributed by atoms with Crippen LogP contribution in [0, 0.1) is 5.82 Å². The van der Waals surface area contributed by atoms with Gasteiger partial charge in [0.2, 0.25) is 0 Å². The van der Waals surface area contributed by atoms with Gasteiger partial charge in [-0.05, 0) is 97.4 Å². The van der Waals surface area contributed by atoms with Gasteiger partial charge < -0.3 is 19.9 Å². The van der Waals surface area contributed by atoms with Crippen LogP contribution < -0.4 is 14.8 Å². The van der Waals surface area contributed by atoms with Crippen LogP contribution in [-0.4, -0.2) is 24.3 Å². The Morgan fingerprint density at radius 1 is 0.857 bits per heavy atom. The molecule has 1 unspecified atom stereocenters. The highest BCUT2D eigenvalue weighted by Crippen LogP contribution is 2.40. The summed E-state index contributed by atoms with van der Waals surface area (Å²) in [6.45, 7) is 1.78. The van der Waals surface area contributed by atoms with E-state index in [1.165, 1.54) is 37.8 Å². The molecule has 0 aliphatic carbocycles. The maximum Gasteiger partial charge on any atom is 0.143 e. The van der Waals surface area contributed by atoms with Crippen LogP contribution in [0.2, 0.25) is 0 Å². The van der Waals surface area contributed by atoms with E-state index in [4.69, 9.17) is 9.47 Å². The summed E-state index contributed by atoms with van der Waals surface area (Å²) in [6, 6.07) is 23.6. The molecule has 1 aliphatic rings. The number of hydrogen-bond donors (Lipinski definition) is 2. The van der Waals surface area contributed by atoms with Gasteiger partial charge in [-0.2, -0.15) is 0 Å². The predicted molar refractivity (Wildman–Crippen MR) is 138 cm³/mol. The van der Waals surface area contributed by atoms with Crippen LogP contribution in [0.4, 0.5) is 4.39 Å². The number of hydrogen-bond acceptors (Lipinski definition) is 4. The smallest absolute Gasteiger partial charge is 0.143 e. The summed E-state index contributed by atoms with van der Waals surface area (Å²) in [5.74, 6) is 2.05. The second kappa shape index (κ2) is 10.8. The number of halogens is 1. The molecule has 4 aromatic rings.